The lowest BCUT2D eigenvalue weighted by atomic mass is 9.78. The fourth-order valence-electron chi connectivity index (χ4n) is 10.9. The fraction of sp³-hybridized carbons (Fsp3) is 0.553. The summed E-state index contributed by atoms with van der Waals surface area (Å²) in [5, 5.41) is 52.9. The normalized spacial score (nSPS) is 13.4. The molecule has 1 aliphatic rings. The van der Waals surface area contributed by atoms with E-state index in [9.17, 15) is 111 Å². The summed E-state index contributed by atoms with van der Waals surface area (Å²) in [5.41, 5.74) is -7.06. The lowest BCUT2D eigenvalue weighted by Crippen LogP contribution is -2.62. The molecule has 7 N–H and O–H groups in total. The van der Waals surface area contributed by atoms with E-state index in [0.717, 1.165) is 37.2 Å². The number of nitrogens with zero attached hydrogens (tertiary/aromatic N) is 8. The molecule has 2 aromatic heterocycles. The summed E-state index contributed by atoms with van der Waals surface area (Å²) < 4.78 is 77.1. The predicted molar refractivity (Wildman–Crippen MR) is 468 cm³/mol. The van der Waals surface area contributed by atoms with Crippen LogP contribution >= 0.6 is 0 Å². The maximum atomic E-state index is 12.4. The molecule has 6 rings (SSSR count). The first-order valence-electron chi connectivity index (χ1n) is 40.5. The molecule has 0 bridgehead atoms. The fourth-order valence-corrected chi connectivity index (χ4v) is 12.1. The van der Waals surface area contributed by atoms with Gasteiger partial charge in [0, 0.05) is 33.0 Å². The molecule has 0 saturated carbocycles. The number of aliphatic hydroxyl groups excluding tert-OH is 4. The van der Waals surface area contributed by atoms with Crippen molar-refractivity contribution in [3.63, 3.8) is 0 Å². The predicted octanol–water partition coefficient (Wildman–Crippen LogP) is 4.38. The number of urea groups is 1. The van der Waals surface area contributed by atoms with Crippen LogP contribution in [-0.4, -0.2) is 250 Å². The number of imide groups is 2. The minimum absolute atomic E-state index is 0.00787. The standard InChI is InChI=1S/2C14H23N3O5.C14H14O4S.2C12H21NO6.C10H16N2O3.C9H10O4/c2*1-4-7-15-12(20)16(8-10(18)5-2)14(22)17(13(15)21)9-11(19)6-3;1-17-11-3-7-13(8-4-11)19(15,16)14-9-5-12(18-2)6-10-14;2*1-12(2,3)19-11(16)13-8(10(15)18-5)6-7-9(14)17-4;1-5-10(6-2)7(13)11(3)9(15)12(4)8(10)14;1-12-6-3-4-7(8(10)5-6)9(11)13-2/h2*4,10-11,18-19H,1,5-9H2,2-3H3;3-10H,1-2H3;2*8H,6-7H2,1-5H3,(H,13,16);5-6H2,1-4H3;3-5,10H,1-2H3. The monoisotopic (exact) mass is 1850 g/mol. The highest BCUT2D eigenvalue weighted by atomic mass is 32.2. The van der Waals surface area contributed by atoms with Gasteiger partial charge in [-0.25, -0.2) is 93.4 Å². The number of nitrogens with one attached hydrogen (secondary N) is 2. The van der Waals surface area contributed by atoms with Crippen molar-refractivity contribution in [1.82, 2.24) is 47.8 Å². The van der Waals surface area contributed by atoms with Gasteiger partial charge in [-0.15, -0.1) is 13.2 Å². The Balaban J connectivity index is 0.00000149. The number of aromatic hydroxyl groups is 1. The van der Waals surface area contributed by atoms with Gasteiger partial charge in [0.1, 0.15) is 57.3 Å². The summed E-state index contributed by atoms with van der Waals surface area (Å²) in [6.45, 7) is 26.7. The smallest absolute Gasteiger partial charge is 0.408 e. The average Bonchev–Trinajstić information content (AvgIpc) is 0.759. The number of benzene rings is 3. The number of sulfone groups is 1. The third-order valence-corrected chi connectivity index (χ3v) is 20.3. The van der Waals surface area contributed by atoms with E-state index in [4.69, 9.17) is 23.7 Å². The number of aromatic nitrogens is 6. The SMILES string of the molecule is C=CCn1c(=O)n(CC(O)CC)c(=O)n(CC(O)CC)c1=O.C=CCn1c(=O)n(CC(O)CC)c(=O)n(CC(O)CC)c1=O.CCC1(CC)C(=O)N(C)C(=O)N(C)C1=O.COC(=O)CCC(NC(=O)OC(C)(C)C)C(=O)OC.COC(=O)CCC(NC(=O)OC(C)(C)C)C(=O)OC.COC(=O)c1ccc(OC)cc1O.COc1ccc(S(=O)(=O)c2ccc(OC)cc2)cc1. The van der Waals surface area contributed by atoms with Crippen molar-refractivity contribution < 1.29 is 129 Å². The molecule has 0 aliphatic carbocycles. The molecule has 0 radical (unpaired) electrons. The molecule has 6 unspecified atom stereocenters. The number of allylic oxidation sites excluding steroid dienone is 2. The molecule has 722 valence electrons. The molecule has 6 atom stereocenters. The zero-order chi connectivity index (χ0) is 99.4. The van der Waals surface area contributed by atoms with Gasteiger partial charge in [-0.2, -0.15) is 0 Å². The topological polar surface area (TPSA) is 561 Å². The molecule has 44 heteroatoms. The molecule has 1 saturated heterocycles. The van der Waals surface area contributed by atoms with Crippen LogP contribution in [0.25, 0.3) is 0 Å². The first-order chi connectivity index (χ1) is 60.3. The maximum Gasteiger partial charge on any atom is 0.408 e. The van der Waals surface area contributed by atoms with Gasteiger partial charge in [0.05, 0.1) is 130 Å². The number of methoxy groups -OCH3 is 8. The number of barbiturate groups is 1. The average molecular weight is 1850 g/mol. The lowest BCUT2D eigenvalue weighted by molar-refractivity contribution is -0.158. The first-order valence-corrected chi connectivity index (χ1v) is 42.0. The third-order valence-electron chi connectivity index (χ3n) is 18.5. The molecule has 0 spiro atoms. The summed E-state index contributed by atoms with van der Waals surface area (Å²) in [6.07, 6.45) is 0.219. The van der Waals surface area contributed by atoms with Crippen LogP contribution < -0.4 is 59.0 Å². The highest BCUT2D eigenvalue weighted by molar-refractivity contribution is 7.91. The Hall–Kier alpha value is -12.6. The van der Waals surface area contributed by atoms with Crippen LogP contribution in [0.2, 0.25) is 0 Å². The Labute approximate surface area is 747 Å². The van der Waals surface area contributed by atoms with Gasteiger partial charge in [-0.3, -0.25) is 29.0 Å². The number of phenols is 1. The van der Waals surface area contributed by atoms with Crippen LogP contribution in [0.3, 0.4) is 0 Å². The Morgan fingerprint density at radius 3 is 0.961 bits per heavy atom. The van der Waals surface area contributed by atoms with Crippen molar-refractivity contribution in [3.8, 4) is 23.0 Å². The molecular weight excluding hydrogens is 1720 g/mol. The van der Waals surface area contributed by atoms with E-state index >= 15 is 0 Å². The van der Waals surface area contributed by atoms with E-state index in [1.54, 1.807) is 113 Å². The van der Waals surface area contributed by atoms with E-state index in [1.807, 2.05) is 0 Å². The zero-order valence-corrected chi connectivity index (χ0v) is 78.2. The van der Waals surface area contributed by atoms with Crippen LogP contribution in [0.5, 0.6) is 23.0 Å². The maximum absolute atomic E-state index is 12.4. The summed E-state index contributed by atoms with van der Waals surface area (Å²) >= 11 is 0. The summed E-state index contributed by atoms with van der Waals surface area (Å²) in [6, 6.07) is 14.5. The van der Waals surface area contributed by atoms with Crippen molar-refractivity contribution in [2.24, 2.45) is 5.41 Å². The van der Waals surface area contributed by atoms with Crippen LogP contribution in [0, 0.1) is 5.41 Å². The first kappa shape index (κ1) is 116. The Bertz CT molecular complexity index is 4670. The Kier molecular flexibility index (Phi) is 51.1. The van der Waals surface area contributed by atoms with Crippen molar-refractivity contribution in [2.45, 2.75) is 244 Å². The number of rotatable bonds is 34. The second kappa shape index (κ2) is 56.6. The van der Waals surface area contributed by atoms with E-state index in [0.29, 0.717) is 55.8 Å². The van der Waals surface area contributed by atoms with Crippen LogP contribution in [0.4, 0.5) is 14.4 Å². The molecule has 43 nitrogen and oxygen atoms in total. The molecule has 5 aromatic rings. The van der Waals surface area contributed by atoms with Gasteiger partial charge in [-0.05, 0) is 154 Å². The number of amides is 6. The molecule has 3 heterocycles. The van der Waals surface area contributed by atoms with Crippen LogP contribution in [0.1, 0.15) is 158 Å². The number of carbonyl (C=O) groups excluding carboxylic acids is 10. The second-order valence-corrected chi connectivity index (χ2v) is 31.8. The summed E-state index contributed by atoms with van der Waals surface area (Å²) in [4.78, 5) is 191. The number of phenolic OH excluding ortho intramolecular Hbond substituents is 1. The van der Waals surface area contributed by atoms with Gasteiger partial charge in [0.15, 0.2) is 0 Å². The number of hydrogen-bond donors (Lipinski definition) is 7. The third kappa shape index (κ3) is 37.0. The van der Waals surface area contributed by atoms with E-state index in [1.165, 1.54) is 120 Å². The van der Waals surface area contributed by atoms with Crippen molar-refractivity contribution >= 4 is 69.7 Å². The van der Waals surface area contributed by atoms with E-state index in [-0.39, 0.29) is 97.9 Å². The van der Waals surface area contributed by atoms with Gasteiger partial charge in [-0.1, -0.05) is 53.7 Å². The number of carbonyl (C=O) groups is 10. The van der Waals surface area contributed by atoms with Gasteiger partial charge in [0.2, 0.25) is 21.7 Å². The largest absolute Gasteiger partial charge is 0.507 e. The molecule has 1 fully saturated rings. The van der Waals surface area contributed by atoms with E-state index in [2.05, 4.69) is 47.5 Å². The number of hydrogen-bond acceptors (Lipinski definition) is 33. The van der Waals surface area contributed by atoms with Crippen LogP contribution in [0.15, 0.2) is 131 Å². The minimum atomic E-state index is -3.50. The highest BCUT2D eigenvalue weighted by Gasteiger charge is 2.53. The highest BCUT2D eigenvalue weighted by Crippen LogP contribution is 2.35. The van der Waals surface area contributed by atoms with Crippen molar-refractivity contribution in [2.75, 3.05) is 71.0 Å². The second-order valence-electron chi connectivity index (χ2n) is 29.9. The Morgan fingerprint density at radius 2 is 0.729 bits per heavy atom. The van der Waals surface area contributed by atoms with Gasteiger partial charge >= 0.3 is 82.2 Å². The number of aliphatic hydroxyl groups is 4. The lowest BCUT2D eigenvalue weighted by Gasteiger charge is -2.40. The summed E-state index contributed by atoms with van der Waals surface area (Å²) in [7, 11) is 10.0. The molecular formula is C85H128N10O33S. The molecule has 129 heavy (non-hydrogen) atoms. The van der Waals surface area contributed by atoms with Gasteiger partial charge < -0.3 is 83.5 Å². The van der Waals surface area contributed by atoms with Gasteiger partial charge in [0.25, 0.3) is 0 Å². The molecule has 6 amide bonds. The molecule has 1 aliphatic heterocycles. The zero-order valence-electron chi connectivity index (χ0n) is 77.4. The summed E-state index contributed by atoms with van der Waals surface area (Å²) in [5.74, 6) is -2.00. The minimum Gasteiger partial charge on any atom is -0.507 e. The van der Waals surface area contributed by atoms with Crippen molar-refractivity contribution in [3.05, 3.63) is 161 Å². The number of alkyl carbamates (subject to hydrolysis) is 2. The van der Waals surface area contributed by atoms with Crippen LogP contribution in [-0.2, 0) is 111 Å². The van der Waals surface area contributed by atoms with E-state index < -0.39 is 145 Å². The Morgan fingerprint density at radius 1 is 0.442 bits per heavy atom. The van der Waals surface area contributed by atoms with Crippen molar-refractivity contribution in [1.29, 1.82) is 0 Å². The number of ether oxygens (including phenoxy) is 10. The number of esters is 5. The quantitative estimate of drug-likeness (QED) is 0.0130. The molecule has 3 aromatic carbocycles.